The smallest absolute Gasteiger partial charge is 0.356 e. The Morgan fingerprint density at radius 1 is 1.33 bits per heavy atom. The summed E-state index contributed by atoms with van der Waals surface area (Å²) in [5, 5.41) is 19.5. The summed E-state index contributed by atoms with van der Waals surface area (Å²) in [5.41, 5.74) is 0.548. The molecule has 3 rings (SSSR count). The maximum Gasteiger partial charge on any atom is 0.356 e. The number of aliphatic hydroxyl groups excluding tert-OH is 1. The lowest BCUT2D eigenvalue weighted by Crippen LogP contribution is -2.28. The summed E-state index contributed by atoms with van der Waals surface area (Å²) < 4.78 is 1.96. The van der Waals surface area contributed by atoms with Gasteiger partial charge in [-0.15, -0.1) is 0 Å². The topological polar surface area (TPSA) is 78.6 Å². The van der Waals surface area contributed by atoms with Gasteiger partial charge in [-0.3, -0.25) is 0 Å². The molecule has 116 valence electrons. The molecule has 2 aliphatic rings. The van der Waals surface area contributed by atoms with Crippen LogP contribution in [0.15, 0.2) is 0 Å². The molecule has 1 saturated heterocycles. The molecule has 21 heavy (non-hydrogen) atoms. The van der Waals surface area contributed by atoms with Crippen LogP contribution in [0.2, 0.25) is 0 Å². The highest BCUT2D eigenvalue weighted by Crippen LogP contribution is 2.35. The fourth-order valence-corrected chi connectivity index (χ4v) is 3.57. The minimum absolute atomic E-state index is 0.0418. The first-order chi connectivity index (χ1) is 9.99. The molecule has 1 aromatic heterocycles. The molecule has 0 amide bonds. The summed E-state index contributed by atoms with van der Waals surface area (Å²) in [4.78, 5) is 18.2. The van der Waals surface area contributed by atoms with E-state index in [1.165, 1.54) is 0 Å². The van der Waals surface area contributed by atoms with E-state index < -0.39 is 12.1 Å². The van der Waals surface area contributed by atoms with Gasteiger partial charge in [0.1, 0.15) is 5.82 Å². The molecule has 2 aliphatic heterocycles. The number of fused-ring (bicyclic) bond motifs is 1. The van der Waals surface area contributed by atoms with Gasteiger partial charge in [0.15, 0.2) is 5.69 Å². The van der Waals surface area contributed by atoms with Crippen molar-refractivity contribution in [3.63, 3.8) is 0 Å². The number of likely N-dealkylation sites (tertiary alicyclic amines) is 1. The lowest BCUT2D eigenvalue weighted by Gasteiger charge is -2.24. The molecule has 0 aliphatic carbocycles. The molecule has 1 aromatic rings. The maximum absolute atomic E-state index is 11.4. The first-order valence-corrected chi connectivity index (χ1v) is 7.74. The van der Waals surface area contributed by atoms with E-state index in [1.807, 2.05) is 4.57 Å². The number of carboxylic acids is 1. The summed E-state index contributed by atoms with van der Waals surface area (Å²) in [6.07, 6.45) is 1.79. The zero-order chi connectivity index (χ0) is 15.1. The largest absolute Gasteiger partial charge is 0.476 e. The summed E-state index contributed by atoms with van der Waals surface area (Å²) in [7, 11) is 0. The van der Waals surface area contributed by atoms with Crippen LogP contribution in [0.3, 0.4) is 0 Å². The molecule has 0 aromatic carbocycles. The Bertz CT molecular complexity index is 553. The van der Waals surface area contributed by atoms with Crippen LogP contribution in [-0.4, -0.2) is 49.8 Å². The average molecular weight is 293 g/mol. The number of aromatic carboxylic acids is 1. The molecule has 0 bridgehead atoms. The number of aromatic nitrogens is 2. The van der Waals surface area contributed by atoms with E-state index >= 15 is 0 Å². The van der Waals surface area contributed by atoms with Crippen molar-refractivity contribution in [3.05, 3.63) is 17.2 Å². The van der Waals surface area contributed by atoms with Crippen molar-refractivity contribution < 1.29 is 15.0 Å². The first-order valence-electron chi connectivity index (χ1n) is 7.74. The van der Waals surface area contributed by atoms with E-state index in [0.717, 1.165) is 38.3 Å². The molecule has 2 N–H and O–H groups in total. The van der Waals surface area contributed by atoms with Crippen LogP contribution in [0.25, 0.3) is 0 Å². The Hall–Kier alpha value is -1.40. The van der Waals surface area contributed by atoms with Gasteiger partial charge < -0.3 is 19.7 Å². The third kappa shape index (κ3) is 2.46. The number of hydrogen-bond donors (Lipinski definition) is 2. The van der Waals surface area contributed by atoms with Gasteiger partial charge in [-0.2, -0.15) is 0 Å². The molecule has 0 radical (unpaired) electrons. The highest BCUT2D eigenvalue weighted by Gasteiger charge is 2.35. The minimum Gasteiger partial charge on any atom is -0.476 e. The molecular formula is C15H23N3O3. The number of carbonyl (C=O) groups is 1. The Morgan fingerprint density at radius 2 is 2.10 bits per heavy atom. The lowest BCUT2D eigenvalue weighted by atomic mass is 10.0. The van der Waals surface area contributed by atoms with Crippen LogP contribution < -0.4 is 0 Å². The van der Waals surface area contributed by atoms with Crippen molar-refractivity contribution in [3.8, 4) is 0 Å². The Balaban J connectivity index is 1.96. The molecular weight excluding hydrogens is 270 g/mol. The lowest BCUT2D eigenvalue weighted by molar-refractivity contribution is 0.0677. The van der Waals surface area contributed by atoms with Crippen LogP contribution >= 0.6 is 0 Å². The Morgan fingerprint density at radius 3 is 2.71 bits per heavy atom. The van der Waals surface area contributed by atoms with Gasteiger partial charge in [-0.25, -0.2) is 9.78 Å². The average Bonchev–Trinajstić information content (AvgIpc) is 3.02. The molecule has 6 nitrogen and oxygen atoms in total. The Labute approximate surface area is 124 Å². The number of hydrogen-bond acceptors (Lipinski definition) is 4. The van der Waals surface area contributed by atoms with Crippen molar-refractivity contribution >= 4 is 5.97 Å². The number of carboxylic acid groups (broad SMARTS) is 1. The molecule has 0 saturated carbocycles. The van der Waals surface area contributed by atoms with Gasteiger partial charge in [0, 0.05) is 25.0 Å². The van der Waals surface area contributed by atoms with E-state index in [9.17, 15) is 15.0 Å². The number of rotatable bonds is 3. The van der Waals surface area contributed by atoms with Crippen molar-refractivity contribution in [2.24, 2.45) is 0 Å². The second kappa shape index (κ2) is 5.42. The normalized spacial score (nSPS) is 26.3. The first kappa shape index (κ1) is 14.5. The summed E-state index contributed by atoms with van der Waals surface area (Å²) >= 11 is 0. The molecule has 2 atom stereocenters. The highest BCUT2D eigenvalue weighted by molar-refractivity contribution is 5.87. The van der Waals surface area contributed by atoms with Gasteiger partial charge in [0.25, 0.3) is 0 Å². The van der Waals surface area contributed by atoms with Gasteiger partial charge in [0.05, 0.1) is 11.8 Å². The van der Waals surface area contributed by atoms with Crippen LogP contribution in [0, 0.1) is 0 Å². The number of aliphatic hydroxyl groups is 1. The van der Waals surface area contributed by atoms with Crippen LogP contribution in [-0.2, 0) is 6.54 Å². The molecule has 1 fully saturated rings. The fourth-order valence-electron chi connectivity index (χ4n) is 3.57. The number of imidazole rings is 1. The second-order valence-corrected chi connectivity index (χ2v) is 6.39. The molecule has 6 heteroatoms. The SMILES string of the molecule is CC(C)N1CCC(c2nc(C(=O)O)c3n2CCCC3O)C1. The quantitative estimate of drug-likeness (QED) is 0.885. The van der Waals surface area contributed by atoms with E-state index in [1.54, 1.807) is 0 Å². The summed E-state index contributed by atoms with van der Waals surface area (Å²) in [6.45, 7) is 7.06. The zero-order valence-electron chi connectivity index (χ0n) is 12.6. The van der Waals surface area contributed by atoms with Crippen molar-refractivity contribution in [1.29, 1.82) is 0 Å². The molecule has 0 spiro atoms. The fraction of sp³-hybridized carbons (Fsp3) is 0.733. The number of nitrogens with zero attached hydrogens (tertiary/aromatic N) is 3. The van der Waals surface area contributed by atoms with Crippen LogP contribution in [0.4, 0.5) is 0 Å². The maximum atomic E-state index is 11.4. The minimum atomic E-state index is -1.04. The Kier molecular flexibility index (Phi) is 3.75. The van der Waals surface area contributed by atoms with Crippen molar-refractivity contribution in [1.82, 2.24) is 14.5 Å². The van der Waals surface area contributed by atoms with Gasteiger partial charge >= 0.3 is 5.97 Å². The van der Waals surface area contributed by atoms with Gasteiger partial charge in [-0.1, -0.05) is 0 Å². The van der Waals surface area contributed by atoms with E-state index in [-0.39, 0.29) is 11.6 Å². The predicted molar refractivity (Wildman–Crippen MR) is 77.4 cm³/mol. The van der Waals surface area contributed by atoms with Crippen LogP contribution in [0.1, 0.15) is 67.1 Å². The van der Waals surface area contributed by atoms with E-state index in [0.29, 0.717) is 18.2 Å². The summed E-state index contributed by atoms with van der Waals surface area (Å²) in [5.74, 6) is 0.0820. The highest BCUT2D eigenvalue weighted by atomic mass is 16.4. The van der Waals surface area contributed by atoms with Crippen molar-refractivity contribution in [2.45, 2.75) is 57.7 Å². The predicted octanol–water partition coefficient (Wildman–Crippen LogP) is 1.61. The van der Waals surface area contributed by atoms with Crippen LogP contribution in [0.5, 0.6) is 0 Å². The zero-order valence-corrected chi connectivity index (χ0v) is 12.6. The van der Waals surface area contributed by atoms with Gasteiger partial charge in [-0.05, 0) is 39.7 Å². The van der Waals surface area contributed by atoms with Gasteiger partial charge in [0.2, 0.25) is 0 Å². The monoisotopic (exact) mass is 293 g/mol. The summed E-state index contributed by atoms with van der Waals surface area (Å²) in [6, 6.07) is 0.496. The third-order valence-electron chi connectivity index (χ3n) is 4.73. The second-order valence-electron chi connectivity index (χ2n) is 6.39. The molecule has 2 unspecified atom stereocenters. The van der Waals surface area contributed by atoms with Crippen molar-refractivity contribution in [2.75, 3.05) is 13.1 Å². The van der Waals surface area contributed by atoms with E-state index in [4.69, 9.17) is 0 Å². The van der Waals surface area contributed by atoms with E-state index in [2.05, 4.69) is 23.7 Å². The third-order valence-corrected chi connectivity index (χ3v) is 4.73. The molecule has 3 heterocycles. The standard InChI is InChI=1S/C15H23N3O3/c1-9(2)17-7-5-10(8-17)14-16-12(15(20)21)13-11(19)4-3-6-18(13)14/h9-11,19H,3-8H2,1-2H3,(H,20,21).